The molecule has 0 aromatic carbocycles. The molecular formula is C9H17NO4S. The molecule has 0 spiro atoms. The van der Waals surface area contributed by atoms with Crippen molar-refractivity contribution in [1.29, 1.82) is 0 Å². The van der Waals surface area contributed by atoms with Gasteiger partial charge in [-0.3, -0.25) is 9.59 Å². The summed E-state index contributed by atoms with van der Waals surface area (Å²) in [6.45, 7) is 3.28. The van der Waals surface area contributed by atoms with Crippen LogP contribution >= 0.6 is 11.8 Å². The second kappa shape index (κ2) is 5.97. The zero-order valence-corrected chi connectivity index (χ0v) is 9.71. The molecule has 0 bridgehead atoms. The second-order valence-electron chi connectivity index (χ2n) is 3.98. The highest BCUT2D eigenvalue weighted by molar-refractivity contribution is 7.99. The molecule has 4 N–H and O–H groups in total. The lowest BCUT2D eigenvalue weighted by Gasteiger charge is -2.18. The van der Waals surface area contributed by atoms with Crippen molar-refractivity contribution < 1.29 is 19.8 Å². The quantitative estimate of drug-likeness (QED) is 0.560. The molecule has 0 radical (unpaired) electrons. The summed E-state index contributed by atoms with van der Waals surface area (Å²) < 4.78 is 0. The summed E-state index contributed by atoms with van der Waals surface area (Å²) in [5.74, 6) is -0.857. The van der Waals surface area contributed by atoms with Crippen LogP contribution in [-0.2, 0) is 9.59 Å². The van der Waals surface area contributed by atoms with Crippen LogP contribution in [-0.4, -0.2) is 39.7 Å². The average molecular weight is 235 g/mol. The average Bonchev–Trinajstić information content (AvgIpc) is 2.11. The topological polar surface area (TPSA) is 101 Å². The number of rotatable bonds is 7. The molecule has 0 rings (SSSR count). The number of carbonyl (C=O) groups is 2. The Labute approximate surface area is 93.0 Å². The van der Waals surface area contributed by atoms with Crippen LogP contribution in [0.4, 0.5) is 0 Å². The van der Waals surface area contributed by atoms with Crippen LogP contribution in [0.2, 0.25) is 0 Å². The first-order valence-corrected chi connectivity index (χ1v) is 5.72. The SMILES string of the molecule is CC(C)(CSCCC(N)C(=O)O)C(=O)O. The van der Waals surface area contributed by atoms with Crippen LogP contribution in [0.15, 0.2) is 0 Å². The summed E-state index contributed by atoms with van der Waals surface area (Å²) in [5.41, 5.74) is 4.52. The highest BCUT2D eigenvalue weighted by Gasteiger charge is 2.26. The Bertz CT molecular complexity index is 242. The number of hydrogen-bond acceptors (Lipinski definition) is 4. The van der Waals surface area contributed by atoms with Crippen LogP contribution in [0.1, 0.15) is 20.3 Å². The number of aliphatic carboxylic acids is 2. The molecule has 0 aliphatic rings. The van der Waals surface area contributed by atoms with Gasteiger partial charge in [-0.2, -0.15) is 11.8 Å². The molecule has 0 amide bonds. The van der Waals surface area contributed by atoms with Crippen LogP contribution in [0.3, 0.4) is 0 Å². The summed E-state index contributed by atoms with van der Waals surface area (Å²) >= 11 is 1.41. The van der Waals surface area contributed by atoms with E-state index in [9.17, 15) is 9.59 Å². The fraction of sp³-hybridized carbons (Fsp3) is 0.778. The number of nitrogens with two attached hydrogens (primary N) is 1. The van der Waals surface area contributed by atoms with E-state index in [-0.39, 0.29) is 0 Å². The minimum atomic E-state index is -1.02. The lowest BCUT2D eigenvalue weighted by Crippen LogP contribution is -2.31. The standard InChI is InChI=1S/C9H17NO4S/c1-9(2,8(13)14)5-15-4-3-6(10)7(11)12/h6H,3-5,10H2,1-2H3,(H,11,12)(H,13,14). The van der Waals surface area contributed by atoms with E-state index >= 15 is 0 Å². The van der Waals surface area contributed by atoms with E-state index in [4.69, 9.17) is 15.9 Å². The third-order valence-electron chi connectivity index (χ3n) is 1.93. The molecular weight excluding hydrogens is 218 g/mol. The zero-order chi connectivity index (χ0) is 12.1. The van der Waals surface area contributed by atoms with Gasteiger partial charge in [-0.05, 0) is 26.0 Å². The van der Waals surface area contributed by atoms with Gasteiger partial charge in [-0.25, -0.2) is 0 Å². The van der Waals surface area contributed by atoms with Gasteiger partial charge in [0, 0.05) is 5.75 Å². The van der Waals surface area contributed by atoms with Gasteiger partial charge >= 0.3 is 11.9 Å². The maximum atomic E-state index is 10.7. The predicted octanol–water partition coefficient (Wildman–Crippen LogP) is 0.632. The van der Waals surface area contributed by atoms with Gasteiger partial charge in [0.15, 0.2) is 0 Å². The van der Waals surface area contributed by atoms with Gasteiger partial charge in [-0.15, -0.1) is 0 Å². The summed E-state index contributed by atoms with van der Waals surface area (Å²) in [6.07, 6.45) is 0.357. The van der Waals surface area contributed by atoms with Crippen LogP contribution in [0, 0.1) is 5.41 Å². The van der Waals surface area contributed by atoms with Crippen molar-refractivity contribution in [2.75, 3.05) is 11.5 Å². The van der Waals surface area contributed by atoms with Gasteiger partial charge in [0.2, 0.25) is 0 Å². The van der Waals surface area contributed by atoms with E-state index in [1.807, 2.05) is 0 Å². The molecule has 0 heterocycles. The van der Waals surface area contributed by atoms with Crippen molar-refractivity contribution >= 4 is 23.7 Å². The highest BCUT2D eigenvalue weighted by atomic mass is 32.2. The van der Waals surface area contributed by atoms with Crippen molar-refractivity contribution in [3.05, 3.63) is 0 Å². The summed E-state index contributed by atoms with van der Waals surface area (Å²) in [4.78, 5) is 21.1. The van der Waals surface area contributed by atoms with Crippen molar-refractivity contribution in [3.63, 3.8) is 0 Å². The zero-order valence-electron chi connectivity index (χ0n) is 8.90. The first kappa shape index (κ1) is 14.2. The third kappa shape index (κ3) is 5.64. The molecule has 1 atom stereocenters. The molecule has 1 unspecified atom stereocenters. The predicted molar refractivity (Wildman–Crippen MR) is 59.0 cm³/mol. The molecule has 5 nitrogen and oxygen atoms in total. The van der Waals surface area contributed by atoms with Gasteiger partial charge < -0.3 is 15.9 Å². The smallest absolute Gasteiger partial charge is 0.320 e. The largest absolute Gasteiger partial charge is 0.481 e. The summed E-state index contributed by atoms with van der Waals surface area (Å²) in [6, 6.07) is -0.856. The van der Waals surface area contributed by atoms with E-state index in [1.54, 1.807) is 13.8 Å². The third-order valence-corrected chi connectivity index (χ3v) is 3.38. The van der Waals surface area contributed by atoms with E-state index in [1.165, 1.54) is 11.8 Å². The van der Waals surface area contributed by atoms with E-state index in [0.717, 1.165) is 0 Å². The Hall–Kier alpha value is -0.750. The molecule has 88 valence electrons. The summed E-state index contributed by atoms with van der Waals surface area (Å²) in [7, 11) is 0. The van der Waals surface area contributed by atoms with Crippen molar-refractivity contribution in [2.24, 2.45) is 11.1 Å². The molecule has 0 aromatic heterocycles. The Kier molecular flexibility index (Phi) is 5.67. The Balaban J connectivity index is 3.72. The Morgan fingerprint density at radius 1 is 1.40 bits per heavy atom. The van der Waals surface area contributed by atoms with E-state index in [2.05, 4.69) is 0 Å². The minimum absolute atomic E-state index is 0.357. The van der Waals surface area contributed by atoms with E-state index in [0.29, 0.717) is 17.9 Å². The Morgan fingerprint density at radius 3 is 2.33 bits per heavy atom. The van der Waals surface area contributed by atoms with Crippen LogP contribution < -0.4 is 5.73 Å². The fourth-order valence-corrected chi connectivity index (χ4v) is 1.92. The molecule has 0 fully saturated rings. The van der Waals surface area contributed by atoms with Gasteiger partial charge in [0.05, 0.1) is 5.41 Å². The number of carboxylic acids is 2. The highest BCUT2D eigenvalue weighted by Crippen LogP contribution is 2.22. The lowest BCUT2D eigenvalue weighted by atomic mass is 9.97. The molecule has 0 aliphatic heterocycles. The normalized spacial score (nSPS) is 13.5. The lowest BCUT2D eigenvalue weighted by molar-refractivity contribution is -0.145. The number of hydrogen-bond donors (Lipinski definition) is 3. The summed E-state index contributed by atoms with van der Waals surface area (Å²) in [5, 5.41) is 17.3. The van der Waals surface area contributed by atoms with Crippen molar-refractivity contribution in [2.45, 2.75) is 26.3 Å². The number of thioether (sulfide) groups is 1. The van der Waals surface area contributed by atoms with Crippen molar-refractivity contribution in [3.8, 4) is 0 Å². The van der Waals surface area contributed by atoms with Crippen molar-refractivity contribution in [1.82, 2.24) is 0 Å². The molecule has 0 aliphatic carbocycles. The minimum Gasteiger partial charge on any atom is -0.481 e. The molecule has 15 heavy (non-hydrogen) atoms. The molecule has 0 saturated heterocycles. The maximum Gasteiger partial charge on any atom is 0.320 e. The second-order valence-corrected chi connectivity index (χ2v) is 5.08. The fourth-order valence-electron chi connectivity index (χ4n) is 0.723. The van der Waals surface area contributed by atoms with Gasteiger partial charge in [0.25, 0.3) is 0 Å². The first-order chi connectivity index (χ1) is 6.77. The first-order valence-electron chi connectivity index (χ1n) is 4.57. The number of carboxylic acid groups (broad SMARTS) is 2. The maximum absolute atomic E-state index is 10.7. The monoisotopic (exact) mass is 235 g/mol. The molecule has 0 saturated carbocycles. The van der Waals surface area contributed by atoms with Crippen LogP contribution in [0.25, 0.3) is 0 Å². The Morgan fingerprint density at radius 2 is 1.93 bits per heavy atom. The van der Waals surface area contributed by atoms with Crippen LogP contribution in [0.5, 0.6) is 0 Å². The van der Waals surface area contributed by atoms with E-state index < -0.39 is 23.4 Å². The van der Waals surface area contributed by atoms with Gasteiger partial charge in [0.1, 0.15) is 6.04 Å². The molecule has 0 aromatic rings. The van der Waals surface area contributed by atoms with Gasteiger partial charge in [-0.1, -0.05) is 0 Å². The molecule has 6 heteroatoms.